The number of carbonyl (C=O) groups excluding carboxylic acids is 1. The van der Waals surface area contributed by atoms with E-state index in [0.717, 1.165) is 11.3 Å². The Morgan fingerprint density at radius 3 is 2.74 bits per heavy atom. The maximum Gasteiger partial charge on any atom is 0.407 e. The Kier molecular flexibility index (Phi) is 7.31. The molecular formula is C27H28FN7O4. The highest BCUT2D eigenvalue weighted by molar-refractivity contribution is 5.94. The smallest absolute Gasteiger partial charge is 0.407 e. The predicted molar refractivity (Wildman–Crippen MR) is 139 cm³/mol. The van der Waals surface area contributed by atoms with Gasteiger partial charge in [-0.2, -0.15) is 15.2 Å². The molecule has 0 bridgehead atoms. The van der Waals surface area contributed by atoms with Gasteiger partial charge in [0, 0.05) is 44.9 Å². The summed E-state index contributed by atoms with van der Waals surface area (Å²) < 4.78 is 22.6. The summed E-state index contributed by atoms with van der Waals surface area (Å²) in [6, 6.07) is 11.6. The van der Waals surface area contributed by atoms with E-state index in [1.54, 1.807) is 18.2 Å². The Bertz CT molecular complexity index is 1440. The summed E-state index contributed by atoms with van der Waals surface area (Å²) >= 11 is 0. The fraction of sp³-hybridized carbons (Fsp3) is 0.370. The molecule has 1 aromatic carbocycles. The van der Waals surface area contributed by atoms with E-state index in [1.807, 2.05) is 34.8 Å². The van der Waals surface area contributed by atoms with Crippen molar-refractivity contribution in [3.05, 3.63) is 65.4 Å². The third-order valence-electron chi connectivity index (χ3n) is 7.15. The van der Waals surface area contributed by atoms with Gasteiger partial charge in [0.1, 0.15) is 18.2 Å². The lowest BCUT2D eigenvalue weighted by Gasteiger charge is -2.40. The van der Waals surface area contributed by atoms with Crippen LogP contribution < -0.4 is 14.5 Å². The number of benzene rings is 1. The lowest BCUT2D eigenvalue weighted by Crippen LogP contribution is -2.55. The number of para-hydroxylation sites is 1. The second-order valence-electron chi connectivity index (χ2n) is 9.52. The fourth-order valence-corrected chi connectivity index (χ4v) is 5.07. The molecule has 0 saturated carbocycles. The molecule has 1 saturated heterocycles. The van der Waals surface area contributed by atoms with Crippen LogP contribution in [0.25, 0.3) is 0 Å². The van der Waals surface area contributed by atoms with E-state index < -0.39 is 18.0 Å². The van der Waals surface area contributed by atoms with Gasteiger partial charge < -0.3 is 29.1 Å². The molecule has 1 N–H and O–H groups in total. The Hall–Kier alpha value is -4.66. The standard InChI is InChI=1S/C27H28FN7O4/c1-32-12-4-5-19(32)17-39-26-30-22-16-35(23-7-3-2-6-21(23)28)24(36)9-8-20(22)25(31-26)33-13-14-34(27(37)38)18(15-33)10-11-29/h2-7,12,18H,8-10,13-17H2,1H3,(H,37,38)/t18-/m0/s1. The average molecular weight is 534 g/mol. The summed E-state index contributed by atoms with van der Waals surface area (Å²) in [5.74, 6) is -0.209. The first-order chi connectivity index (χ1) is 18.9. The van der Waals surface area contributed by atoms with E-state index in [2.05, 4.69) is 11.1 Å². The molecule has 39 heavy (non-hydrogen) atoms. The van der Waals surface area contributed by atoms with Crippen LogP contribution in [0.4, 0.5) is 20.7 Å². The quantitative estimate of drug-likeness (QED) is 0.512. The molecule has 2 aliphatic rings. The molecule has 202 valence electrons. The minimum Gasteiger partial charge on any atom is -0.465 e. The van der Waals surface area contributed by atoms with Crippen molar-refractivity contribution in [1.29, 1.82) is 5.26 Å². The number of hydrogen-bond acceptors (Lipinski definition) is 7. The Balaban J connectivity index is 1.53. The highest BCUT2D eigenvalue weighted by Crippen LogP contribution is 2.33. The van der Waals surface area contributed by atoms with Crippen LogP contribution in [0.2, 0.25) is 0 Å². The largest absolute Gasteiger partial charge is 0.465 e. The second kappa shape index (κ2) is 11.0. The molecule has 2 aromatic heterocycles. The van der Waals surface area contributed by atoms with Crippen LogP contribution in [0, 0.1) is 17.1 Å². The van der Waals surface area contributed by atoms with Crippen LogP contribution in [0.3, 0.4) is 0 Å². The number of anilines is 2. The Labute approximate surface area is 224 Å². The van der Waals surface area contributed by atoms with Crippen LogP contribution in [0.5, 0.6) is 6.01 Å². The summed E-state index contributed by atoms with van der Waals surface area (Å²) in [5.41, 5.74) is 2.34. The number of ether oxygens (including phenoxy) is 1. The highest BCUT2D eigenvalue weighted by Gasteiger charge is 2.34. The van der Waals surface area contributed by atoms with E-state index in [4.69, 9.17) is 9.72 Å². The number of nitriles is 1. The van der Waals surface area contributed by atoms with Gasteiger partial charge in [-0.3, -0.25) is 4.79 Å². The number of aromatic nitrogens is 3. The number of piperazine rings is 1. The lowest BCUT2D eigenvalue weighted by atomic mass is 10.1. The van der Waals surface area contributed by atoms with E-state index in [1.165, 1.54) is 15.9 Å². The molecule has 1 atom stereocenters. The first-order valence-corrected chi connectivity index (χ1v) is 12.6. The molecule has 0 unspecified atom stereocenters. The van der Waals surface area contributed by atoms with E-state index in [-0.39, 0.29) is 56.7 Å². The lowest BCUT2D eigenvalue weighted by molar-refractivity contribution is -0.118. The molecule has 0 spiro atoms. The van der Waals surface area contributed by atoms with Crippen molar-refractivity contribution in [2.75, 3.05) is 29.4 Å². The van der Waals surface area contributed by atoms with Gasteiger partial charge in [0.2, 0.25) is 5.91 Å². The highest BCUT2D eigenvalue weighted by atomic mass is 19.1. The zero-order chi connectivity index (χ0) is 27.5. The van der Waals surface area contributed by atoms with Crippen molar-refractivity contribution in [3.63, 3.8) is 0 Å². The third-order valence-corrected chi connectivity index (χ3v) is 7.15. The van der Waals surface area contributed by atoms with E-state index in [0.29, 0.717) is 24.5 Å². The normalized spacial score (nSPS) is 17.4. The first kappa shape index (κ1) is 26.0. The Morgan fingerprint density at radius 1 is 1.21 bits per heavy atom. The summed E-state index contributed by atoms with van der Waals surface area (Å²) in [5, 5.41) is 18.9. The fourth-order valence-electron chi connectivity index (χ4n) is 5.07. The summed E-state index contributed by atoms with van der Waals surface area (Å²) in [6.07, 6.45) is 1.31. The summed E-state index contributed by atoms with van der Waals surface area (Å²) in [7, 11) is 1.90. The second-order valence-corrected chi connectivity index (χ2v) is 9.52. The van der Waals surface area contributed by atoms with E-state index >= 15 is 0 Å². The molecule has 3 aromatic rings. The predicted octanol–water partition coefficient (Wildman–Crippen LogP) is 3.09. The van der Waals surface area contributed by atoms with Crippen molar-refractivity contribution in [3.8, 4) is 12.1 Å². The molecule has 2 aliphatic heterocycles. The van der Waals surface area contributed by atoms with Crippen molar-refractivity contribution in [1.82, 2.24) is 19.4 Å². The van der Waals surface area contributed by atoms with Gasteiger partial charge in [0.25, 0.3) is 0 Å². The zero-order valence-corrected chi connectivity index (χ0v) is 21.5. The van der Waals surface area contributed by atoms with Gasteiger partial charge in [-0.15, -0.1) is 0 Å². The molecule has 12 heteroatoms. The number of nitrogens with zero attached hydrogens (tertiary/aromatic N) is 7. The van der Waals surface area contributed by atoms with Crippen molar-refractivity contribution in [2.24, 2.45) is 7.05 Å². The molecule has 11 nitrogen and oxygen atoms in total. The SMILES string of the molecule is Cn1cccc1COc1nc2c(c(N3CCN(C(=O)O)[C@@H](CC#N)C3)n1)CCC(=O)N(c1ccccc1F)C2. The third kappa shape index (κ3) is 5.34. The van der Waals surface area contributed by atoms with Crippen LogP contribution >= 0.6 is 0 Å². The van der Waals surface area contributed by atoms with Crippen LogP contribution in [-0.2, 0) is 31.4 Å². The van der Waals surface area contributed by atoms with Crippen molar-refractivity contribution >= 4 is 23.5 Å². The van der Waals surface area contributed by atoms with Gasteiger partial charge in [-0.1, -0.05) is 12.1 Å². The minimum absolute atomic E-state index is 0.0296. The maximum atomic E-state index is 14.7. The Morgan fingerprint density at radius 2 is 2.03 bits per heavy atom. The topological polar surface area (TPSA) is 128 Å². The van der Waals surface area contributed by atoms with Crippen molar-refractivity contribution in [2.45, 2.75) is 38.5 Å². The first-order valence-electron chi connectivity index (χ1n) is 12.6. The van der Waals surface area contributed by atoms with Gasteiger partial charge >= 0.3 is 12.1 Å². The average Bonchev–Trinajstić information content (AvgIpc) is 3.26. The number of carbonyl (C=O) groups is 2. The minimum atomic E-state index is -1.07. The number of hydrogen-bond donors (Lipinski definition) is 1. The maximum absolute atomic E-state index is 14.7. The summed E-state index contributed by atoms with van der Waals surface area (Å²) in [4.78, 5) is 38.9. The van der Waals surface area contributed by atoms with Crippen LogP contribution in [0.1, 0.15) is 29.8 Å². The number of halogens is 1. The summed E-state index contributed by atoms with van der Waals surface area (Å²) in [6.45, 7) is 1.04. The van der Waals surface area contributed by atoms with Crippen molar-refractivity contribution < 1.29 is 23.8 Å². The number of carboxylic acid groups (broad SMARTS) is 1. The number of rotatable bonds is 6. The zero-order valence-electron chi connectivity index (χ0n) is 21.5. The molecule has 4 heterocycles. The van der Waals surface area contributed by atoms with Gasteiger partial charge in [-0.05, 0) is 30.7 Å². The van der Waals surface area contributed by atoms with Gasteiger partial charge in [0.15, 0.2) is 0 Å². The van der Waals surface area contributed by atoms with E-state index in [9.17, 15) is 24.3 Å². The number of fused-ring (bicyclic) bond motifs is 1. The molecular weight excluding hydrogens is 505 g/mol. The molecule has 2 amide bonds. The molecule has 0 aliphatic carbocycles. The number of amides is 2. The number of aryl methyl sites for hydroxylation is 1. The van der Waals surface area contributed by atoms with Crippen LogP contribution in [0.15, 0.2) is 42.6 Å². The monoisotopic (exact) mass is 533 g/mol. The molecule has 5 rings (SSSR count). The van der Waals surface area contributed by atoms with Crippen LogP contribution in [-0.4, -0.2) is 62.2 Å². The molecule has 1 fully saturated rings. The van der Waals surface area contributed by atoms with Gasteiger partial charge in [-0.25, -0.2) is 9.18 Å². The molecule has 0 radical (unpaired) electrons. The van der Waals surface area contributed by atoms with Gasteiger partial charge in [0.05, 0.1) is 42.2 Å².